The van der Waals surface area contributed by atoms with Crippen molar-refractivity contribution >= 4 is 11.0 Å². The zero-order chi connectivity index (χ0) is 17.9. The maximum absolute atomic E-state index is 4.66. The minimum Gasteiger partial charge on any atom is -0.338 e. The van der Waals surface area contributed by atoms with Gasteiger partial charge in [0.15, 0.2) is 0 Å². The summed E-state index contributed by atoms with van der Waals surface area (Å²) in [6.07, 6.45) is 3.00. The molecule has 1 atom stereocenters. The van der Waals surface area contributed by atoms with Crippen LogP contribution in [-0.4, -0.2) is 19.7 Å². The Balaban J connectivity index is 1.45. The normalized spacial score (nSPS) is 12.5. The van der Waals surface area contributed by atoms with E-state index < -0.39 is 0 Å². The fraction of sp³-hybridized carbons (Fsp3) is 0.238. The van der Waals surface area contributed by atoms with Crippen LogP contribution in [0.1, 0.15) is 30.6 Å². The predicted molar refractivity (Wildman–Crippen MR) is 105 cm³/mol. The SMILES string of the molecule is CCC(NCc1ccc(-c2nc3ccccc3[nH]2)cc1)c1ccn(C)n1. The Morgan fingerprint density at radius 3 is 2.58 bits per heavy atom. The summed E-state index contributed by atoms with van der Waals surface area (Å²) in [4.78, 5) is 8.04. The van der Waals surface area contributed by atoms with Gasteiger partial charge in [0.05, 0.1) is 22.8 Å². The van der Waals surface area contributed by atoms with Crippen molar-refractivity contribution in [2.75, 3.05) is 0 Å². The quantitative estimate of drug-likeness (QED) is 0.550. The molecule has 2 aromatic carbocycles. The molecule has 4 aromatic rings. The first-order valence-corrected chi connectivity index (χ1v) is 9.00. The van der Waals surface area contributed by atoms with Crippen LogP contribution in [0, 0.1) is 0 Å². The molecule has 0 fully saturated rings. The van der Waals surface area contributed by atoms with E-state index in [1.807, 2.05) is 42.2 Å². The third-order valence-corrected chi connectivity index (χ3v) is 4.67. The summed E-state index contributed by atoms with van der Waals surface area (Å²) in [5.41, 5.74) is 5.50. The first kappa shape index (κ1) is 16.5. The third-order valence-electron chi connectivity index (χ3n) is 4.67. The first-order chi connectivity index (χ1) is 12.7. The molecule has 2 heterocycles. The number of aryl methyl sites for hydroxylation is 1. The maximum atomic E-state index is 4.66. The predicted octanol–water partition coefficient (Wildman–Crippen LogP) is 4.20. The van der Waals surface area contributed by atoms with Gasteiger partial charge in [-0.3, -0.25) is 4.68 Å². The average molecular weight is 345 g/mol. The lowest BCUT2D eigenvalue weighted by Gasteiger charge is -2.15. The van der Waals surface area contributed by atoms with Gasteiger partial charge in [-0.05, 0) is 30.2 Å². The second-order valence-corrected chi connectivity index (χ2v) is 6.56. The Hall–Kier alpha value is -2.92. The molecule has 5 nitrogen and oxygen atoms in total. The van der Waals surface area contributed by atoms with Crippen LogP contribution in [0.3, 0.4) is 0 Å². The number of benzene rings is 2. The molecule has 0 aliphatic carbocycles. The topological polar surface area (TPSA) is 58.5 Å². The van der Waals surface area contributed by atoms with Gasteiger partial charge in [0.1, 0.15) is 5.82 Å². The van der Waals surface area contributed by atoms with Crippen LogP contribution >= 0.6 is 0 Å². The van der Waals surface area contributed by atoms with E-state index in [1.54, 1.807) is 0 Å². The van der Waals surface area contributed by atoms with Crippen LogP contribution in [0.4, 0.5) is 0 Å². The molecule has 1 unspecified atom stereocenters. The van der Waals surface area contributed by atoms with Crippen LogP contribution < -0.4 is 5.32 Å². The van der Waals surface area contributed by atoms with Gasteiger partial charge in [0.2, 0.25) is 0 Å². The molecular formula is C21H23N5. The van der Waals surface area contributed by atoms with Gasteiger partial charge in [-0.1, -0.05) is 43.3 Å². The van der Waals surface area contributed by atoms with Gasteiger partial charge in [-0.2, -0.15) is 5.10 Å². The van der Waals surface area contributed by atoms with Crippen LogP contribution in [0.15, 0.2) is 60.8 Å². The molecule has 0 aliphatic heterocycles. The Labute approximate surface area is 153 Å². The van der Waals surface area contributed by atoms with Crippen molar-refractivity contribution in [3.05, 3.63) is 72.1 Å². The Kier molecular flexibility index (Phi) is 4.54. The summed E-state index contributed by atoms with van der Waals surface area (Å²) in [7, 11) is 1.95. The Morgan fingerprint density at radius 1 is 1.08 bits per heavy atom. The molecular weight excluding hydrogens is 322 g/mol. The van der Waals surface area contributed by atoms with E-state index in [0.29, 0.717) is 0 Å². The summed E-state index contributed by atoms with van der Waals surface area (Å²) in [6.45, 7) is 2.99. The molecule has 0 saturated carbocycles. The van der Waals surface area contributed by atoms with Crippen molar-refractivity contribution in [1.29, 1.82) is 0 Å². The average Bonchev–Trinajstić information content (AvgIpc) is 3.29. The van der Waals surface area contributed by atoms with Crippen molar-refractivity contribution in [1.82, 2.24) is 25.1 Å². The molecule has 0 saturated heterocycles. The Bertz CT molecular complexity index is 964. The number of fused-ring (bicyclic) bond motifs is 1. The second kappa shape index (κ2) is 7.14. The van der Waals surface area contributed by atoms with E-state index in [4.69, 9.17) is 0 Å². The number of aromatic amines is 1. The first-order valence-electron chi connectivity index (χ1n) is 9.00. The summed E-state index contributed by atoms with van der Waals surface area (Å²) < 4.78 is 1.85. The van der Waals surface area contributed by atoms with Crippen molar-refractivity contribution < 1.29 is 0 Å². The van der Waals surface area contributed by atoms with E-state index in [1.165, 1.54) is 5.56 Å². The molecule has 26 heavy (non-hydrogen) atoms. The van der Waals surface area contributed by atoms with Crippen molar-refractivity contribution in [3.8, 4) is 11.4 Å². The van der Waals surface area contributed by atoms with Gasteiger partial charge in [-0.15, -0.1) is 0 Å². The molecule has 0 bridgehead atoms. The van der Waals surface area contributed by atoms with E-state index >= 15 is 0 Å². The molecule has 4 rings (SSSR count). The summed E-state index contributed by atoms with van der Waals surface area (Å²) in [5, 5.41) is 8.11. The lowest BCUT2D eigenvalue weighted by Crippen LogP contribution is -2.20. The standard InChI is InChI=1S/C21H23N5/c1-3-17(20-12-13-26(2)25-20)22-14-15-8-10-16(11-9-15)21-23-18-6-4-5-7-19(18)24-21/h4-13,17,22H,3,14H2,1-2H3,(H,23,24). The van der Waals surface area contributed by atoms with E-state index in [0.717, 1.165) is 41.1 Å². The highest BCUT2D eigenvalue weighted by Crippen LogP contribution is 2.21. The highest BCUT2D eigenvalue weighted by atomic mass is 15.3. The number of para-hydroxylation sites is 2. The minimum atomic E-state index is 0.270. The summed E-state index contributed by atoms with van der Waals surface area (Å²) in [6, 6.07) is 19.0. The summed E-state index contributed by atoms with van der Waals surface area (Å²) >= 11 is 0. The molecule has 0 spiro atoms. The van der Waals surface area contributed by atoms with Gasteiger partial charge in [0, 0.05) is 25.4 Å². The van der Waals surface area contributed by atoms with Crippen molar-refractivity contribution in [2.45, 2.75) is 25.9 Å². The zero-order valence-corrected chi connectivity index (χ0v) is 15.1. The molecule has 132 valence electrons. The highest BCUT2D eigenvalue weighted by molar-refractivity contribution is 5.79. The maximum Gasteiger partial charge on any atom is 0.138 e. The number of nitrogens with zero attached hydrogens (tertiary/aromatic N) is 3. The van der Waals surface area contributed by atoms with Gasteiger partial charge < -0.3 is 10.3 Å². The second-order valence-electron chi connectivity index (χ2n) is 6.56. The van der Waals surface area contributed by atoms with E-state index in [2.05, 4.69) is 57.6 Å². The third kappa shape index (κ3) is 3.39. The van der Waals surface area contributed by atoms with Crippen LogP contribution in [0.25, 0.3) is 22.4 Å². The number of aromatic nitrogens is 4. The van der Waals surface area contributed by atoms with Crippen molar-refractivity contribution in [2.24, 2.45) is 7.05 Å². The fourth-order valence-electron chi connectivity index (χ4n) is 3.19. The summed E-state index contributed by atoms with van der Waals surface area (Å²) in [5.74, 6) is 0.908. The van der Waals surface area contributed by atoms with Crippen molar-refractivity contribution in [3.63, 3.8) is 0 Å². The molecule has 5 heteroatoms. The van der Waals surface area contributed by atoms with E-state index in [9.17, 15) is 0 Å². The smallest absolute Gasteiger partial charge is 0.138 e. The van der Waals surface area contributed by atoms with Crippen LogP contribution in [0.2, 0.25) is 0 Å². The number of nitrogens with one attached hydrogen (secondary N) is 2. The minimum absolute atomic E-state index is 0.270. The van der Waals surface area contributed by atoms with Gasteiger partial charge in [-0.25, -0.2) is 4.98 Å². The molecule has 0 radical (unpaired) electrons. The zero-order valence-electron chi connectivity index (χ0n) is 15.1. The van der Waals surface area contributed by atoms with Gasteiger partial charge in [0.25, 0.3) is 0 Å². The van der Waals surface area contributed by atoms with E-state index in [-0.39, 0.29) is 6.04 Å². The fourth-order valence-corrected chi connectivity index (χ4v) is 3.19. The lowest BCUT2D eigenvalue weighted by molar-refractivity contribution is 0.500. The largest absolute Gasteiger partial charge is 0.338 e. The molecule has 2 aromatic heterocycles. The molecule has 2 N–H and O–H groups in total. The van der Waals surface area contributed by atoms with Crippen LogP contribution in [0.5, 0.6) is 0 Å². The number of H-pyrrole nitrogens is 1. The van der Waals surface area contributed by atoms with Gasteiger partial charge >= 0.3 is 0 Å². The number of hydrogen-bond donors (Lipinski definition) is 2. The lowest BCUT2D eigenvalue weighted by atomic mass is 10.1. The molecule has 0 amide bonds. The number of hydrogen-bond acceptors (Lipinski definition) is 3. The Morgan fingerprint density at radius 2 is 1.88 bits per heavy atom. The number of imidazole rings is 1. The molecule has 0 aliphatic rings. The highest BCUT2D eigenvalue weighted by Gasteiger charge is 2.11. The van der Waals surface area contributed by atoms with Crippen LogP contribution in [-0.2, 0) is 13.6 Å². The monoisotopic (exact) mass is 345 g/mol. The number of rotatable bonds is 6.